The number of nitrogen functional groups attached to an aromatic ring is 1. The Bertz CT molecular complexity index is 1450. The van der Waals surface area contributed by atoms with Gasteiger partial charge < -0.3 is 31.3 Å². The number of urea groups is 1. The van der Waals surface area contributed by atoms with Crippen LogP contribution >= 0.6 is 0 Å². The van der Waals surface area contributed by atoms with Crippen molar-refractivity contribution in [3.05, 3.63) is 83.4 Å². The zero-order chi connectivity index (χ0) is 32.7. The van der Waals surface area contributed by atoms with Gasteiger partial charge in [0.05, 0.1) is 6.61 Å². The van der Waals surface area contributed by atoms with Crippen molar-refractivity contribution >= 4 is 29.0 Å². The molecular weight excluding hydrogens is 574 g/mol. The number of piperidine rings is 1. The molecule has 46 heavy (non-hydrogen) atoms. The highest BCUT2D eigenvalue weighted by molar-refractivity contribution is 5.92. The van der Waals surface area contributed by atoms with Crippen molar-refractivity contribution in [1.82, 2.24) is 10.6 Å². The standard InChI is InChI=1S/C38H51N5O3/c1-26(2)33-23-30(39)24-34(27(3)4)35(33)42-37(45)41-25-38(16-19-43(20-17-38)31-11-6-5-7-12-31)29-10-8-13-32(22-29)46-21-9-18-40-36(44)28-14-15-28/h5-8,10-13,22-24,26-28H,9,14-21,25,39H2,1-4H3,(H,40,44)(H2,41,42,45). The van der Waals surface area contributed by atoms with Gasteiger partial charge in [0.2, 0.25) is 5.91 Å². The quantitative estimate of drug-likeness (QED) is 0.119. The fourth-order valence-corrected chi connectivity index (χ4v) is 6.45. The first-order chi connectivity index (χ1) is 22.1. The lowest BCUT2D eigenvalue weighted by atomic mass is 9.72. The number of hydrogen-bond donors (Lipinski definition) is 4. The molecule has 8 heteroatoms. The van der Waals surface area contributed by atoms with Crippen LogP contribution in [0.15, 0.2) is 66.7 Å². The second-order valence-electron chi connectivity index (χ2n) is 13.6. The van der Waals surface area contributed by atoms with Crippen molar-refractivity contribution in [2.45, 2.75) is 77.0 Å². The van der Waals surface area contributed by atoms with Gasteiger partial charge in [-0.2, -0.15) is 0 Å². The average Bonchev–Trinajstić information content (AvgIpc) is 3.91. The fourth-order valence-electron chi connectivity index (χ4n) is 6.45. The second-order valence-corrected chi connectivity index (χ2v) is 13.6. The summed E-state index contributed by atoms with van der Waals surface area (Å²) in [5.74, 6) is 1.62. The number of carbonyl (C=O) groups excluding carboxylic acids is 2. The average molecular weight is 626 g/mol. The van der Waals surface area contributed by atoms with Gasteiger partial charge in [0.1, 0.15) is 5.75 Å². The highest BCUT2D eigenvalue weighted by atomic mass is 16.5. The minimum atomic E-state index is -0.261. The predicted octanol–water partition coefficient (Wildman–Crippen LogP) is 7.17. The molecule has 3 amide bonds. The molecule has 5 N–H and O–H groups in total. The van der Waals surface area contributed by atoms with Crippen LogP contribution in [0.4, 0.5) is 21.9 Å². The molecule has 3 aromatic rings. The fraction of sp³-hybridized carbons (Fsp3) is 0.474. The summed E-state index contributed by atoms with van der Waals surface area (Å²) in [7, 11) is 0. The minimum absolute atomic E-state index is 0.166. The lowest BCUT2D eigenvalue weighted by Crippen LogP contribution is -2.49. The Morgan fingerprint density at radius 3 is 2.22 bits per heavy atom. The van der Waals surface area contributed by atoms with E-state index in [1.807, 2.05) is 30.3 Å². The lowest BCUT2D eigenvalue weighted by molar-refractivity contribution is -0.122. The summed E-state index contributed by atoms with van der Waals surface area (Å²) in [4.78, 5) is 27.9. The van der Waals surface area contributed by atoms with E-state index in [0.717, 1.165) is 67.8 Å². The molecule has 246 valence electrons. The molecule has 0 atom stereocenters. The van der Waals surface area contributed by atoms with Gasteiger partial charge in [-0.25, -0.2) is 4.79 Å². The van der Waals surface area contributed by atoms with Crippen LogP contribution in [0.2, 0.25) is 0 Å². The maximum atomic E-state index is 13.6. The number of para-hydroxylation sites is 1. The van der Waals surface area contributed by atoms with Crippen LogP contribution in [0.1, 0.15) is 88.3 Å². The van der Waals surface area contributed by atoms with Crippen molar-refractivity contribution in [2.24, 2.45) is 5.92 Å². The molecule has 1 heterocycles. The number of benzene rings is 3. The zero-order valence-corrected chi connectivity index (χ0v) is 27.9. The highest BCUT2D eigenvalue weighted by Gasteiger charge is 2.37. The summed E-state index contributed by atoms with van der Waals surface area (Å²) in [6.07, 6.45) is 4.54. The van der Waals surface area contributed by atoms with E-state index in [-0.39, 0.29) is 35.1 Å². The van der Waals surface area contributed by atoms with E-state index in [9.17, 15) is 9.59 Å². The molecule has 8 nitrogen and oxygen atoms in total. The molecule has 2 fully saturated rings. The number of nitrogens with two attached hydrogens (primary N) is 1. The van der Waals surface area contributed by atoms with Crippen molar-refractivity contribution in [2.75, 3.05) is 48.7 Å². The Morgan fingerprint density at radius 1 is 0.913 bits per heavy atom. The van der Waals surface area contributed by atoms with Crippen LogP contribution in [-0.4, -0.2) is 44.7 Å². The molecular formula is C38H51N5O3. The molecule has 2 aliphatic rings. The van der Waals surface area contributed by atoms with Crippen LogP contribution in [-0.2, 0) is 10.2 Å². The topological polar surface area (TPSA) is 109 Å². The third-order valence-corrected chi connectivity index (χ3v) is 9.42. The van der Waals surface area contributed by atoms with E-state index in [4.69, 9.17) is 10.5 Å². The summed E-state index contributed by atoms with van der Waals surface area (Å²) in [5.41, 5.74) is 12.0. The summed E-state index contributed by atoms with van der Waals surface area (Å²) >= 11 is 0. The predicted molar refractivity (Wildman–Crippen MR) is 188 cm³/mol. The number of nitrogens with one attached hydrogen (secondary N) is 3. The third-order valence-electron chi connectivity index (χ3n) is 9.42. The number of anilines is 3. The monoisotopic (exact) mass is 625 g/mol. The first kappa shape index (κ1) is 33.2. The number of carbonyl (C=O) groups is 2. The maximum absolute atomic E-state index is 13.6. The van der Waals surface area contributed by atoms with Crippen molar-refractivity contribution in [1.29, 1.82) is 0 Å². The maximum Gasteiger partial charge on any atom is 0.319 e. The molecule has 1 aliphatic carbocycles. The first-order valence-electron chi connectivity index (χ1n) is 16.9. The van der Waals surface area contributed by atoms with Crippen LogP contribution in [0.5, 0.6) is 5.75 Å². The highest BCUT2D eigenvalue weighted by Crippen LogP contribution is 2.39. The van der Waals surface area contributed by atoms with E-state index >= 15 is 0 Å². The van der Waals surface area contributed by atoms with Crippen molar-refractivity contribution in [3.8, 4) is 5.75 Å². The van der Waals surface area contributed by atoms with E-state index in [1.54, 1.807) is 0 Å². The van der Waals surface area contributed by atoms with Gasteiger partial charge in [-0.1, -0.05) is 58.0 Å². The zero-order valence-electron chi connectivity index (χ0n) is 27.9. The summed E-state index contributed by atoms with van der Waals surface area (Å²) < 4.78 is 6.14. The Kier molecular flexibility index (Phi) is 10.8. The SMILES string of the molecule is CC(C)c1cc(N)cc(C(C)C)c1NC(=O)NCC1(c2cccc(OCCCNC(=O)C3CC3)c2)CCN(c2ccccc2)CC1. The van der Waals surface area contributed by atoms with Crippen LogP contribution in [0, 0.1) is 5.92 Å². The van der Waals surface area contributed by atoms with Crippen molar-refractivity contribution < 1.29 is 14.3 Å². The molecule has 1 aliphatic heterocycles. The number of ether oxygens (including phenoxy) is 1. The number of rotatable bonds is 13. The van der Waals surface area contributed by atoms with Gasteiger partial charge in [0.25, 0.3) is 0 Å². The lowest BCUT2D eigenvalue weighted by Gasteiger charge is -2.43. The number of hydrogen-bond acceptors (Lipinski definition) is 5. The van der Waals surface area contributed by atoms with E-state index in [1.165, 1.54) is 11.3 Å². The molecule has 1 saturated carbocycles. The van der Waals surface area contributed by atoms with E-state index in [0.29, 0.717) is 25.4 Å². The Hall–Kier alpha value is -4.20. The molecule has 0 radical (unpaired) electrons. The Labute approximate surface area is 274 Å². The third kappa shape index (κ3) is 8.33. The Morgan fingerprint density at radius 2 is 1.59 bits per heavy atom. The largest absolute Gasteiger partial charge is 0.494 e. The molecule has 0 bridgehead atoms. The van der Waals surface area contributed by atoms with Crippen LogP contribution < -0.4 is 31.3 Å². The first-order valence-corrected chi connectivity index (χ1v) is 16.9. The molecule has 0 aromatic heterocycles. The number of amides is 3. The smallest absolute Gasteiger partial charge is 0.319 e. The van der Waals surface area contributed by atoms with Gasteiger partial charge in [0.15, 0.2) is 0 Å². The van der Waals surface area contributed by atoms with Crippen LogP contribution in [0.3, 0.4) is 0 Å². The van der Waals surface area contributed by atoms with Gasteiger partial charge in [-0.05, 0) is 97.0 Å². The number of nitrogens with zero attached hydrogens (tertiary/aromatic N) is 1. The molecule has 0 unspecified atom stereocenters. The van der Waals surface area contributed by atoms with Crippen molar-refractivity contribution in [3.63, 3.8) is 0 Å². The van der Waals surface area contributed by atoms with Gasteiger partial charge >= 0.3 is 6.03 Å². The summed E-state index contributed by atoms with van der Waals surface area (Å²) in [5, 5.41) is 9.48. The van der Waals surface area contributed by atoms with E-state index < -0.39 is 0 Å². The molecule has 1 saturated heterocycles. The molecule has 3 aromatic carbocycles. The van der Waals surface area contributed by atoms with Gasteiger partial charge in [-0.15, -0.1) is 0 Å². The van der Waals surface area contributed by atoms with Crippen LogP contribution in [0.25, 0.3) is 0 Å². The summed E-state index contributed by atoms with van der Waals surface area (Å²) in [6.45, 7) is 11.9. The summed E-state index contributed by atoms with van der Waals surface area (Å²) in [6, 6.07) is 22.6. The normalized spacial score (nSPS) is 15.9. The van der Waals surface area contributed by atoms with Gasteiger partial charge in [-0.3, -0.25) is 4.79 Å². The van der Waals surface area contributed by atoms with Gasteiger partial charge in [0, 0.05) is 54.6 Å². The molecule has 0 spiro atoms. The Balaban J connectivity index is 1.30. The second kappa shape index (κ2) is 14.9. The van der Waals surface area contributed by atoms with E-state index in [2.05, 4.69) is 84.9 Å². The minimum Gasteiger partial charge on any atom is -0.494 e. The molecule has 5 rings (SSSR count).